The number of sulfone groups is 1. The highest BCUT2D eigenvalue weighted by Crippen LogP contribution is 2.33. The van der Waals surface area contributed by atoms with Crippen LogP contribution in [0.5, 0.6) is 0 Å². The molecule has 32 heavy (non-hydrogen) atoms. The number of para-hydroxylation sites is 1. The number of fused-ring (bicyclic) bond motifs is 1. The van der Waals surface area contributed by atoms with Crippen molar-refractivity contribution < 1.29 is 17.9 Å². The first-order chi connectivity index (χ1) is 15.1. The van der Waals surface area contributed by atoms with E-state index in [1.165, 1.54) is 18.5 Å². The summed E-state index contributed by atoms with van der Waals surface area (Å²) < 4.78 is 31.3. The Hall–Kier alpha value is -3.00. The van der Waals surface area contributed by atoms with Crippen molar-refractivity contribution in [2.24, 2.45) is 0 Å². The molecule has 3 aromatic rings. The highest BCUT2D eigenvalue weighted by molar-refractivity contribution is 7.91. The van der Waals surface area contributed by atoms with Gasteiger partial charge in [0.25, 0.3) is 0 Å². The zero-order valence-electron chi connectivity index (χ0n) is 18.5. The van der Waals surface area contributed by atoms with Crippen LogP contribution < -0.4 is 0 Å². The predicted octanol–water partition coefficient (Wildman–Crippen LogP) is 4.58. The minimum atomic E-state index is -3.73. The van der Waals surface area contributed by atoms with E-state index >= 15 is 0 Å². The molecule has 0 saturated carbocycles. The zero-order valence-corrected chi connectivity index (χ0v) is 19.3. The fraction of sp³-hybridized carbons (Fsp3) is 0.375. The standard InChI is InChI=1S/C24H27N3O4S/c1-24(2,3)31-23(28)27-13-10-17(11-14-27)20-8-6-7-18-15-19(16-26-22(18)20)32(29,30)21-9-4-5-12-25-21/h4-9,12,15-17H,10-11,13-14H2,1-3H3. The second-order valence-corrected chi connectivity index (χ2v) is 10.9. The number of hydrogen-bond donors (Lipinski definition) is 0. The van der Waals surface area contributed by atoms with Crippen LogP contribution in [-0.4, -0.2) is 48.1 Å². The summed E-state index contributed by atoms with van der Waals surface area (Å²) in [4.78, 5) is 22.7. The van der Waals surface area contributed by atoms with E-state index in [-0.39, 0.29) is 21.9 Å². The number of likely N-dealkylation sites (tertiary alicyclic amines) is 1. The summed E-state index contributed by atoms with van der Waals surface area (Å²) in [7, 11) is -3.73. The van der Waals surface area contributed by atoms with Crippen LogP contribution in [0.2, 0.25) is 0 Å². The Morgan fingerprint density at radius 3 is 2.47 bits per heavy atom. The molecule has 1 saturated heterocycles. The summed E-state index contributed by atoms with van der Waals surface area (Å²) in [6.45, 7) is 6.81. The van der Waals surface area contributed by atoms with E-state index in [2.05, 4.69) is 9.97 Å². The van der Waals surface area contributed by atoms with Crippen LogP contribution in [0.4, 0.5) is 4.79 Å². The van der Waals surface area contributed by atoms with Crippen LogP contribution in [0.1, 0.15) is 45.1 Å². The van der Waals surface area contributed by atoms with Crippen LogP contribution in [-0.2, 0) is 14.6 Å². The van der Waals surface area contributed by atoms with E-state index in [0.29, 0.717) is 13.1 Å². The molecular weight excluding hydrogens is 426 g/mol. The molecule has 2 aromatic heterocycles. The minimum Gasteiger partial charge on any atom is -0.444 e. The largest absolute Gasteiger partial charge is 0.444 e. The topological polar surface area (TPSA) is 89.5 Å². The average Bonchev–Trinajstić information content (AvgIpc) is 2.78. The molecule has 0 unspecified atom stereocenters. The zero-order chi connectivity index (χ0) is 22.9. The van der Waals surface area contributed by atoms with Gasteiger partial charge in [0.2, 0.25) is 9.84 Å². The molecule has 0 aliphatic carbocycles. The number of piperidine rings is 1. The maximum absolute atomic E-state index is 12.9. The van der Waals surface area contributed by atoms with Crippen LogP contribution in [0.3, 0.4) is 0 Å². The Kier molecular flexibility index (Phi) is 5.90. The molecule has 1 fully saturated rings. The SMILES string of the molecule is CC(C)(C)OC(=O)N1CCC(c2cccc3cc(S(=O)(=O)c4ccccn4)cnc23)CC1. The third kappa shape index (κ3) is 4.60. The number of ether oxygens (including phenoxy) is 1. The molecule has 1 aliphatic heterocycles. The van der Waals surface area contributed by atoms with Crippen LogP contribution in [0, 0.1) is 0 Å². The lowest BCUT2D eigenvalue weighted by Gasteiger charge is -2.33. The van der Waals surface area contributed by atoms with Gasteiger partial charge >= 0.3 is 6.09 Å². The van der Waals surface area contributed by atoms with E-state index in [9.17, 15) is 13.2 Å². The molecular formula is C24H27N3O4S. The third-order valence-corrected chi connectivity index (χ3v) is 7.16. The van der Waals surface area contributed by atoms with E-state index in [0.717, 1.165) is 29.3 Å². The molecule has 168 valence electrons. The van der Waals surface area contributed by atoms with Gasteiger partial charge in [0.05, 0.1) is 10.4 Å². The first-order valence-corrected chi connectivity index (χ1v) is 12.2. The lowest BCUT2D eigenvalue weighted by atomic mass is 9.88. The van der Waals surface area contributed by atoms with E-state index in [4.69, 9.17) is 4.74 Å². The summed E-state index contributed by atoms with van der Waals surface area (Å²) in [5, 5.41) is 0.779. The van der Waals surface area contributed by atoms with Crippen molar-refractivity contribution in [3.05, 3.63) is 60.4 Å². The number of nitrogens with zero attached hydrogens (tertiary/aromatic N) is 3. The number of hydrogen-bond acceptors (Lipinski definition) is 6. The first kappa shape index (κ1) is 22.2. The Morgan fingerprint density at radius 2 is 1.81 bits per heavy atom. The molecule has 3 heterocycles. The van der Waals surface area contributed by atoms with Crippen molar-refractivity contribution in [1.82, 2.24) is 14.9 Å². The lowest BCUT2D eigenvalue weighted by molar-refractivity contribution is 0.0205. The first-order valence-electron chi connectivity index (χ1n) is 10.7. The second kappa shape index (κ2) is 8.50. The van der Waals surface area contributed by atoms with E-state index in [1.807, 2.05) is 39.0 Å². The van der Waals surface area contributed by atoms with Gasteiger partial charge in [0.1, 0.15) is 5.60 Å². The molecule has 1 aromatic carbocycles. The van der Waals surface area contributed by atoms with Gasteiger partial charge in [-0.2, -0.15) is 0 Å². The van der Waals surface area contributed by atoms with Gasteiger partial charge in [-0.3, -0.25) is 4.98 Å². The maximum Gasteiger partial charge on any atom is 0.410 e. The number of carbonyl (C=O) groups is 1. The van der Waals surface area contributed by atoms with E-state index < -0.39 is 15.4 Å². The highest BCUT2D eigenvalue weighted by atomic mass is 32.2. The van der Waals surface area contributed by atoms with Gasteiger partial charge in [-0.15, -0.1) is 0 Å². The minimum absolute atomic E-state index is 0.00631. The average molecular weight is 454 g/mol. The van der Waals surface area contributed by atoms with Crippen molar-refractivity contribution in [2.45, 2.75) is 55.1 Å². The van der Waals surface area contributed by atoms with Crippen molar-refractivity contribution >= 4 is 26.8 Å². The molecule has 0 spiro atoms. The van der Waals surface area contributed by atoms with Crippen molar-refractivity contribution in [3.63, 3.8) is 0 Å². The molecule has 4 rings (SSSR count). The normalized spacial score (nSPS) is 15.7. The number of pyridine rings is 2. The molecule has 7 nitrogen and oxygen atoms in total. The van der Waals surface area contributed by atoms with Gasteiger partial charge in [0.15, 0.2) is 5.03 Å². The summed E-state index contributed by atoms with van der Waals surface area (Å²) in [6.07, 6.45) is 4.19. The van der Waals surface area contributed by atoms with Gasteiger partial charge in [-0.05, 0) is 63.3 Å². The summed E-state index contributed by atoms with van der Waals surface area (Å²) in [5.74, 6) is 0.239. The Morgan fingerprint density at radius 1 is 1.06 bits per heavy atom. The van der Waals surface area contributed by atoms with Gasteiger partial charge in [-0.25, -0.2) is 18.2 Å². The molecule has 8 heteroatoms. The molecule has 0 atom stereocenters. The van der Waals surface area contributed by atoms with Gasteiger partial charge in [-0.1, -0.05) is 24.3 Å². The monoisotopic (exact) mass is 453 g/mol. The summed E-state index contributed by atoms with van der Waals surface area (Å²) in [5.41, 5.74) is 1.36. The Balaban J connectivity index is 1.56. The van der Waals surface area contributed by atoms with E-state index in [1.54, 1.807) is 23.1 Å². The van der Waals surface area contributed by atoms with Crippen molar-refractivity contribution in [1.29, 1.82) is 0 Å². The highest BCUT2D eigenvalue weighted by Gasteiger charge is 2.28. The van der Waals surface area contributed by atoms with Crippen LogP contribution in [0.15, 0.2) is 64.8 Å². The van der Waals surface area contributed by atoms with Crippen LogP contribution in [0.25, 0.3) is 10.9 Å². The maximum atomic E-state index is 12.9. The van der Waals surface area contributed by atoms with Gasteiger partial charge < -0.3 is 9.64 Å². The number of rotatable bonds is 3. The quantitative estimate of drug-likeness (QED) is 0.577. The fourth-order valence-electron chi connectivity index (χ4n) is 3.97. The number of carbonyl (C=O) groups excluding carboxylic acids is 1. The smallest absolute Gasteiger partial charge is 0.410 e. The third-order valence-electron chi connectivity index (χ3n) is 5.53. The van der Waals surface area contributed by atoms with Crippen molar-refractivity contribution in [2.75, 3.05) is 13.1 Å². The fourth-order valence-corrected chi connectivity index (χ4v) is 5.14. The number of aromatic nitrogens is 2. The number of benzene rings is 1. The van der Waals surface area contributed by atoms with Gasteiger partial charge in [0, 0.05) is 30.9 Å². The van der Waals surface area contributed by atoms with Crippen molar-refractivity contribution in [3.8, 4) is 0 Å². The summed E-state index contributed by atoms with van der Waals surface area (Å²) in [6, 6.07) is 12.3. The molecule has 0 radical (unpaired) electrons. The van der Waals surface area contributed by atoms with Crippen LogP contribution >= 0.6 is 0 Å². The predicted molar refractivity (Wildman–Crippen MR) is 121 cm³/mol. The molecule has 1 aliphatic rings. The lowest BCUT2D eigenvalue weighted by Crippen LogP contribution is -2.41. The molecule has 1 amide bonds. The summed E-state index contributed by atoms with van der Waals surface area (Å²) >= 11 is 0. The Bertz CT molecular complexity index is 1230. The molecule has 0 bridgehead atoms. The molecule has 0 N–H and O–H groups in total. The Labute approximate surface area is 188 Å². The number of amides is 1. The second-order valence-electron chi connectivity index (χ2n) is 9.00.